The number of hydrogen-bond acceptors (Lipinski definition) is 1. The maximum absolute atomic E-state index is 13.0. The summed E-state index contributed by atoms with van der Waals surface area (Å²) in [6.07, 6.45) is 0. The van der Waals surface area contributed by atoms with Crippen LogP contribution in [0.1, 0.15) is 5.56 Å². The number of hydrogen-bond donors (Lipinski definition) is 2. The molecule has 7 heteroatoms. The van der Waals surface area contributed by atoms with Crippen molar-refractivity contribution >= 4 is 34.9 Å². The van der Waals surface area contributed by atoms with E-state index >= 15 is 0 Å². The fraction of sp³-hybridized carbons (Fsp3) is 0.0714. The highest BCUT2D eigenvalue weighted by Crippen LogP contribution is 2.19. The van der Waals surface area contributed by atoms with Gasteiger partial charge in [-0.1, -0.05) is 29.3 Å². The summed E-state index contributed by atoms with van der Waals surface area (Å²) < 4.78 is 26.0. The summed E-state index contributed by atoms with van der Waals surface area (Å²) in [6, 6.07) is 7.48. The van der Waals surface area contributed by atoms with Gasteiger partial charge in [0.25, 0.3) is 0 Å². The summed E-state index contributed by atoms with van der Waals surface area (Å²) in [5.41, 5.74) is 1.00. The number of urea groups is 1. The zero-order valence-corrected chi connectivity index (χ0v) is 12.1. The second-order valence-corrected chi connectivity index (χ2v) is 5.00. The average Bonchev–Trinajstić information content (AvgIpc) is 2.44. The molecule has 21 heavy (non-hydrogen) atoms. The van der Waals surface area contributed by atoms with E-state index in [9.17, 15) is 13.6 Å². The fourth-order valence-electron chi connectivity index (χ4n) is 1.58. The molecule has 0 aliphatic rings. The minimum Gasteiger partial charge on any atom is -0.334 e. The van der Waals surface area contributed by atoms with Crippen molar-refractivity contribution in [3.63, 3.8) is 0 Å². The number of amides is 2. The number of rotatable bonds is 3. The molecule has 0 aliphatic heterocycles. The normalized spacial score (nSPS) is 10.3. The lowest BCUT2D eigenvalue weighted by Crippen LogP contribution is -2.28. The van der Waals surface area contributed by atoms with E-state index < -0.39 is 17.7 Å². The molecule has 0 radical (unpaired) electrons. The second kappa shape index (κ2) is 6.74. The highest BCUT2D eigenvalue weighted by Gasteiger charge is 2.06. The molecule has 3 nitrogen and oxygen atoms in total. The van der Waals surface area contributed by atoms with Crippen LogP contribution in [0.25, 0.3) is 0 Å². The smallest absolute Gasteiger partial charge is 0.319 e. The summed E-state index contributed by atoms with van der Waals surface area (Å²) in [4.78, 5) is 11.7. The molecular formula is C14H10Cl2F2N2O. The predicted molar refractivity (Wildman–Crippen MR) is 78.7 cm³/mol. The zero-order valence-electron chi connectivity index (χ0n) is 10.6. The summed E-state index contributed by atoms with van der Waals surface area (Å²) in [6.45, 7) is 0.167. The minimum atomic E-state index is -0.566. The first-order valence-corrected chi connectivity index (χ1v) is 6.65. The number of carbonyl (C=O) groups is 1. The van der Waals surface area contributed by atoms with Crippen LogP contribution in [-0.4, -0.2) is 6.03 Å². The standard InChI is InChI=1S/C14H10Cl2F2N2O/c15-10-5-8(1-3-12(10)17)7-19-14(21)20-9-2-4-13(18)11(16)6-9/h1-6H,7H2,(H2,19,20,21). The van der Waals surface area contributed by atoms with E-state index in [1.165, 1.54) is 30.3 Å². The van der Waals surface area contributed by atoms with Crippen LogP contribution in [0.15, 0.2) is 36.4 Å². The van der Waals surface area contributed by atoms with Crippen LogP contribution in [0.5, 0.6) is 0 Å². The topological polar surface area (TPSA) is 41.1 Å². The number of anilines is 1. The van der Waals surface area contributed by atoms with Crippen LogP contribution >= 0.6 is 23.2 Å². The molecule has 0 atom stereocenters. The number of halogens is 4. The Balaban J connectivity index is 1.92. The molecule has 0 unspecified atom stereocenters. The SMILES string of the molecule is O=C(NCc1ccc(F)c(Cl)c1)Nc1ccc(F)c(Cl)c1. The summed E-state index contributed by atoms with van der Waals surface area (Å²) in [5.74, 6) is -1.09. The molecule has 0 saturated heterocycles. The van der Waals surface area contributed by atoms with Crippen molar-refractivity contribution in [3.05, 3.63) is 63.6 Å². The molecular weight excluding hydrogens is 321 g/mol. The molecule has 2 N–H and O–H groups in total. The van der Waals surface area contributed by atoms with Crippen molar-refractivity contribution in [1.82, 2.24) is 5.32 Å². The van der Waals surface area contributed by atoms with Crippen LogP contribution in [0, 0.1) is 11.6 Å². The Morgan fingerprint density at radius 2 is 1.62 bits per heavy atom. The predicted octanol–water partition coefficient (Wildman–Crippen LogP) is 4.59. The minimum absolute atomic E-state index is 0.0139. The lowest BCUT2D eigenvalue weighted by atomic mass is 10.2. The summed E-state index contributed by atoms with van der Waals surface area (Å²) in [7, 11) is 0. The van der Waals surface area contributed by atoms with Crippen molar-refractivity contribution in [2.45, 2.75) is 6.54 Å². The first-order valence-electron chi connectivity index (χ1n) is 5.89. The van der Waals surface area contributed by atoms with Crippen LogP contribution in [-0.2, 0) is 6.54 Å². The van der Waals surface area contributed by atoms with Gasteiger partial charge in [0.2, 0.25) is 0 Å². The van der Waals surface area contributed by atoms with E-state index in [2.05, 4.69) is 10.6 Å². The third kappa shape index (κ3) is 4.31. The number of nitrogens with one attached hydrogen (secondary N) is 2. The first-order chi connectivity index (χ1) is 9.95. The molecule has 0 spiro atoms. The first kappa shape index (κ1) is 15.5. The van der Waals surface area contributed by atoms with Gasteiger partial charge in [0.15, 0.2) is 0 Å². The van der Waals surface area contributed by atoms with Crippen molar-refractivity contribution in [1.29, 1.82) is 0 Å². The molecule has 0 bridgehead atoms. The van der Waals surface area contributed by atoms with E-state index in [0.717, 1.165) is 6.07 Å². The van der Waals surface area contributed by atoms with Gasteiger partial charge in [-0.3, -0.25) is 0 Å². The highest BCUT2D eigenvalue weighted by molar-refractivity contribution is 6.31. The van der Waals surface area contributed by atoms with Gasteiger partial charge in [-0.25, -0.2) is 13.6 Å². The number of benzene rings is 2. The van der Waals surface area contributed by atoms with Gasteiger partial charge in [-0.2, -0.15) is 0 Å². The van der Waals surface area contributed by atoms with Gasteiger partial charge >= 0.3 is 6.03 Å². The van der Waals surface area contributed by atoms with E-state index in [-0.39, 0.29) is 16.6 Å². The summed E-state index contributed by atoms with van der Waals surface area (Å²) >= 11 is 11.2. The Bertz CT molecular complexity index is 680. The third-order valence-corrected chi connectivity index (χ3v) is 3.19. The molecule has 2 aromatic carbocycles. The van der Waals surface area contributed by atoms with Crippen LogP contribution in [0.3, 0.4) is 0 Å². The van der Waals surface area contributed by atoms with Crippen molar-refractivity contribution < 1.29 is 13.6 Å². The molecule has 110 valence electrons. The lowest BCUT2D eigenvalue weighted by molar-refractivity contribution is 0.251. The van der Waals surface area contributed by atoms with Gasteiger partial charge in [0.1, 0.15) is 11.6 Å². The maximum atomic E-state index is 13.0. The molecule has 2 aromatic rings. The Kier molecular flexibility index (Phi) is 4.98. The van der Waals surface area contributed by atoms with Gasteiger partial charge in [-0.15, -0.1) is 0 Å². The van der Waals surface area contributed by atoms with Crippen LogP contribution < -0.4 is 10.6 Å². The quantitative estimate of drug-likeness (QED) is 0.848. The lowest BCUT2D eigenvalue weighted by Gasteiger charge is -2.08. The van der Waals surface area contributed by atoms with Crippen LogP contribution in [0.4, 0.5) is 19.3 Å². The maximum Gasteiger partial charge on any atom is 0.319 e. The van der Waals surface area contributed by atoms with Crippen molar-refractivity contribution in [3.8, 4) is 0 Å². The van der Waals surface area contributed by atoms with Gasteiger partial charge < -0.3 is 10.6 Å². The molecule has 0 saturated carbocycles. The van der Waals surface area contributed by atoms with Crippen molar-refractivity contribution in [2.24, 2.45) is 0 Å². The van der Waals surface area contributed by atoms with Crippen molar-refractivity contribution in [2.75, 3.05) is 5.32 Å². The van der Waals surface area contributed by atoms with Gasteiger partial charge in [0, 0.05) is 12.2 Å². The molecule has 2 amide bonds. The molecule has 0 aliphatic carbocycles. The molecule has 2 rings (SSSR count). The summed E-state index contributed by atoms with van der Waals surface area (Å²) in [5, 5.41) is 4.96. The van der Waals surface area contributed by atoms with E-state index in [4.69, 9.17) is 23.2 Å². The zero-order chi connectivity index (χ0) is 15.4. The fourth-order valence-corrected chi connectivity index (χ4v) is 1.96. The van der Waals surface area contributed by atoms with Gasteiger partial charge in [-0.05, 0) is 35.9 Å². The average molecular weight is 331 g/mol. The Morgan fingerprint density at radius 3 is 2.24 bits per heavy atom. The molecule has 0 heterocycles. The van der Waals surface area contributed by atoms with E-state index in [0.29, 0.717) is 11.3 Å². The van der Waals surface area contributed by atoms with Gasteiger partial charge in [0.05, 0.1) is 10.0 Å². The third-order valence-electron chi connectivity index (χ3n) is 2.61. The van der Waals surface area contributed by atoms with Crippen LogP contribution in [0.2, 0.25) is 10.0 Å². The monoisotopic (exact) mass is 330 g/mol. The Morgan fingerprint density at radius 1 is 1.00 bits per heavy atom. The van der Waals surface area contributed by atoms with E-state index in [1.807, 2.05) is 0 Å². The highest BCUT2D eigenvalue weighted by atomic mass is 35.5. The molecule has 0 fully saturated rings. The Hall–Kier alpha value is -1.85. The molecule has 0 aromatic heterocycles. The van der Waals surface area contributed by atoms with E-state index in [1.54, 1.807) is 0 Å². The second-order valence-electron chi connectivity index (χ2n) is 4.19. The Labute approximate surface area is 129 Å². The largest absolute Gasteiger partial charge is 0.334 e. The number of carbonyl (C=O) groups excluding carboxylic acids is 1.